The van der Waals surface area contributed by atoms with Crippen molar-refractivity contribution in [2.45, 2.75) is 30.4 Å². The van der Waals surface area contributed by atoms with E-state index in [9.17, 15) is 18.3 Å². The number of β-amino-alcohol motifs (C(OH)–C–C–N with tert-alkyl or cyclic N) is 1. The van der Waals surface area contributed by atoms with Crippen molar-refractivity contribution in [3.05, 3.63) is 23.8 Å². The highest BCUT2D eigenvalue weighted by atomic mass is 32.2. The van der Waals surface area contributed by atoms with Gasteiger partial charge in [-0.2, -0.15) is 4.31 Å². The molecule has 0 spiro atoms. The van der Waals surface area contributed by atoms with E-state index in [0.717, 1.165) is 4.31 Å². The minimum absolute atomic E-state index is 0.00431. The Labute approximate surface area is 117 Å². The molecular formula is C12H17N3O4S. The maximum Gasteiger partial charge on any atom is 0.243 e. The van der Waals surface area contributed by atoms with Crippen LogP contribution in [0.4, 0.5) is 5.69 Å². The Bertz CT molecular complexity index is 624. The summed E-state index contributed by atoms with van der Waals surface area (Å²) in [4.78, 5) is 11.3. The molecule has 0 bridgehead atoms. The topological polar surface area (TPSA) is 127 Å². The van der Waals surface area contributed by atoms with E-state index in [1.54, 1.807) is 13.0 Å². The number of aryl methyl sites for hydroxylation is 1. The Morgan fingerprint density at radius 1 is 1.40 bits per heavy atom. The van der Waals surface area contributed by atoms with E-state index in [4.69, 9.17) is 11.5 Å². The monoisotopic (exact) mass is 299 g/mol. The van der Waals surface area contributed by atoms with E-state index < -0.39 is 28.1 Å². The second kappa shape index (κ2) is 5.04. The average Bonchev–Trinajstić information content (AvgIpc) is 2.71. The van der Waals surface area contributed by atoms with Gasteiger partial charge in [-0.1, -0.05) is 0 Å². The molecular weight excluding hydrogens is 282 g/mol. The lowest BCUT2D eigenvalue weighted by molar-refractivity contribution is -0.121. The minimum Gasteiger partial charge on any atom is -0.399 e. The number of rotatable bonds is 3. The molecule has 0 radical (unpaired) electrons. The highest BCUT2D eigenvalue weighted by molar-refractivity contribution is 7.89. The van der Waals surface area contributed by atoms with Gasteiger partial charge in [0.15, 0.2) is 0 Å². The number of aliphatic hydroxyl groups is 1. The molecule has 1 aromatic carbocycles. The molecule has 2 rings (SSSR count). The van der Waals surface area contributed by atoms with Gasteiger partial charge >= 0.3 is 0 Å². The van der Waals surface area contributed by atoms with Crippen molar-refractivity contribution in [1.82, 2.24) is 4.31 Å². The molecule has 0 aliphatic carbocycles. The summed E-state index contributed by atoms with van der Waals surface area (Å²) in [6.45, 7) is 1.57. The maximum atomic E-state index is 12.6. The fourth-order valence-corrected chi connectivity index (χ4v) is 4.15. The van der Waals surface area contributed by atoms with Gasteiger partial charge in [0.25, 0.3) is 0 Å². The molecule has 1 aliphatic heterocycles. The van der Waals surface area contributed by atoms with Crippen molar-refractivity contribution in [2.24, 2.45) is 5.73 Å². The number of hydrogen-bond acceptors (Lipinski definition) is 5. The second-order valence-corrected chi connectivity index (χ2v) is 6.85. The Kier molecular flexibility index (Phi) is 3.72. The molecule has 2 atom stereocenters. The number of carbonyl (C=O) groups excluding carboxylic acids is 1. The lowest BCUT2D eigenvalue weighted by Gasteiger charge is -2.21. The van der Waals surface area contributed by atoms with Crippen molar-refractivity contribution in [3.8, 4) is 0 Å². The smallest absolute Gasteiger partial charge is 0.243 e. The van der Waals surface area contributed by atoms with Crippen LogP contribution >= 0.6 is 0 Å². The van der Waals surface area contributed by atoms with Gasteiger partial charge in [0.05, 0.1) is 11.0 Å². The number of anilines is 1. The number of nitrogens with zero attached hydrogens (tertiary/aromatic N) is 1. The molecule has 7 nitrogen and oxygen atoms in total. The molecule has 1 aromatic rings. The predicted molar refractivity (Wildman–Crippen MR) is 73.1 cm³/mol. The second-order valence-electron chi connectivity index (χ2n) is 4.96. The van der Waals surface area contributed by atoms with Gasteiger partial charge in [-0.15, -0.1) is 0 Å². The third kappa shape index (κ3) is 2.62. The predicted octanol–water partition coefficient (Wildman–Crippen LogP) is -0.814. The summed E-state index contributed by atoms with van der Waals surface area (Å²) in [5.41, 5.74) is 11.9. The number of hydrogen-bond donors (Lipinski definition) is 3. The summed E-state index contributed by atoms with van der Waals surface area (Å²) >= 11 is 0. The number of nitrogen functional groups attached to an aromatic ring is 1. The van der Waals surface area contributed by atoms with Crippen LogP contribution in [0.15, 0.2) is 23.1 Å². The van der Waals surface area contributed by atoms with Crippen molar-refractivity contribution < 1.29 is 18.3 Å². The number of nitrogens with two attached hydrogens (primary N) is 2. The van der Waals surface area contributed by atoms with Gasteiger partial charge in [-0.25, -0.2) is 8.42 Å². The van der Waals surface area contributed by atoms with Crippen molar-refractivity contribution >= 4 is 21.6 Å². The third-order valence-corrected chi connectivity index (χ3v) is 5.09. The SMILES string of the molecule is Cc1cc(N)cc(S(=O)(=O)N2CC(O)CC2C(N)=O)c1. The Balaban J connectivity index is 2.46. The molecule has 1 fully saturated rings. The number of sulfonamides is 1. The van der Waals surface area contributed by atoms with Crippen LogP contribution in [-0.2, 0) is 14.8 Å². The number of aliphatic hydroxyl groups excluding tert-OH is 1. The molecule has 8 heteroatoms. The number of amides is 1. The zero-order valence-electron chi connectivity index (χ0n) is 11.0. The summed E-state index contributed by atoms with van der Waals surface area (Å²) in [5, 5.41) is 9.60. The molecule has 20 heavy (non-hydrogen) atoms. The van der Waals surface area contributed by atoms with Gasteiger partial charge in [-0.3, -0.25) is 4.79 Å². The Hall–Kier alpha value is -1.64. The van der Waals surface area contributed by atoms with E-state index in [-0.39, 0.29) is 17.9 Å². The molecule has 1 aliphatic rings. The van der Waals surface area contributed by atoms with Crippen molar-refractivity contribution in [3.63, 3.8) is 0 Å². The highest BCUT2D eigenvalue weighted by Crippen LogP contribution is 2.27. The lowest BCUT2D eigenvalue weighted by Crippen LogP contribution is -2.43. The summed E-state index contributed by atoms with van der Waals surface area (Å²) in [5.74, 6) is -0.772. The summed E-state index contributed by atoms with van der Waals surface area (Å²) < 4.78 is 26.0. The minimum atomic E-state index is -3.92. The highest BCUT2D eigenvalue weighted by Gasteiger charge is 2.42. The fourth-order valence-electron chi connectivity index (χ4n) is 2.37. The molecule has 110 valence electrons. The molecule has 1 saturated heterocycles. The summed E-state index contributed by atoms with van der Waals surface area (Å²) in [6, 6.07) is 3.40. The van der Waals surface area contributed by atoms with Gasteiger partial charge in [-0.05, 0) is 30.7 Å². The fraction of sp³-hybridized carbons (Fsp3) is 0.417. The van der Waals surface area contributed by atoms with Crippen LogP contribution < -0.4 is 11.5 Å². The van der Waals surface area contributed by atoms with E-state index in [1.165, 1.54) is 12.1 Å². The van der Waals surface area contributed by atoms with Crippen LogP contribution in [0.5, 0.6) is 0 Å². The third-order valence-electron chi connectivity index (χ3n) is 3.24. The number of carbonyl (C=O) groups is 1. The zero-order valence-corrected chi connectivity index (χ0v) is 11.8. The first-order chi connectivity index (χ1) is 9.21. The van der Waals surface area contributed by atoms with Crippen LogP contribution in [0.25, 0.3) is 0 Å². The van der Waals surface area contributed by atoms with E-state index in [0.29, 0.717) is 11.3 Å². The molecule has 2 unspecified atom stereocenters. The molecule has 5 N–H and O–H groups in total. The Morgan fingerprint density at radius 3 is 2.60 bits per heavy atom. The van der Waals surface area contributed by atoms with Crippen LogP contribution in [0.3, 0.4) is 0 Å². The molecule has 0 saturated carbocycles. The van der Waals surface area contributed by atoms with Crippen LogP contribution in [-0.4, -0.2) is 42.4 Å². The number of benzene rings is 1. The maximum absolute atomic E-state index is 12.6. The zero-order chi connectivity index (χ0) is 15.1. The van der Waals surface area contributed by atoms with Crippen molar-refractivity contribution in [2.75, 3.05) is 12.3 Å². The first kappa shape index (κ1) is 14.8. The van der Waals surface area contributed by atoms with Crippen LogP contribution in [0.1, 0.15) is 12.0 Å². The van der Waals surface area contributed by atoms with E-state index in [1.807, 2.05) is 0 Å². The van der Waals surface area contributed by atoms with Gasteiger partial charge in [0.2, 0.25) is 15.9 Å². The van der Waals surface area contributed by atoms with Crippen LogP contribution in [0.2, 0.25) is 0 Å². The lowest BCUT2D eigenvalue weighted by atomic mass is 10.2. The quantitative estimate of drug-likeness (QED) is 0.629. The van der Waals surface area contributed by atoms with Gasteiger partial charge < -0.3 is 16.6 Å². The first-order valence-corrected chi connectivity index (χ1v) is 7.52. The molecule has 1 amide bonds. The normalized spacial score (nSPS) is 23.9. The standard InChI is InChI=1S/C12H17N3O4S/c1-7-2-8(13)4-10(3-7)20(18,19)15-6-9(16)5-11(15)12(14)17/h2-4,9,11,16H,5-6,13H2,1H3,(H2,14,17). The molecule has 1 heterocycles. The van der Waals surface area contributed by atoms with Gasteiger partial charge in [0, 0.05) is 18.7 Å². The van der Waals surface area contributed by atoms with Gasteiger partial charge in [0.1, 0.15) is 6.04 Å². The van der Waals surface area contributed by atoms with Crippen molar-refractivity contribution in [1.29, 1.82) is 0 Å². The number of primary amides is 1. The molecule has 0 aromatic heterocycles. The summed E-state index contributed by atoms with van der Waals surface area (Å²) in [7, 11) is -3.92. The average molecular weight is 299 g/mol. The van der Waals surface area contributed by atoms with Crippen LogP contribution in [0, 0.1) is 6.92 Å². The van der Waals surface area contributed by atoms with E-state index in [2.05, 4.69) is 0 Å². The largest absolute Gasteiger partial charge is 0.399 e. The first-order valence-electron chi connectivity index (χ1n) is 6.08. The van der Waals surface area contributed by atoms with E-state index >= 15 is 0 Å². The summed E-state index contributed by atoms with van der Waals surface area (Å²) in [6.07, 6.45) is -0.889. The Morgan fingerprint density at radius 2 is 2.05 bits per heavy atom.